The van der Waals surface area contributed by atoms with E-state index in [1.165, 1.54) is 17.8 Å². The zero-order chi connectivity index (χ0) is 17.7. The van der Waals surface area contributed by atoms with E-state index in [1.54, 1.807) is 12.1 Å². The van der Waals surface area contributed by atoms with Crippen LogP contribution in [0, 0.1) is 10.1 Å². The van der Waals surface area contributed by atoms with Gasteiger partial charge in [0.15, 0.2) is 0 Å². The fourth-order valence-corrected chi connectivity index (χ4v) is 3.01. The van der Waals surface area contributed by atoms with Gasteiger partial charge in [0, 0.05) is 41.7 Å². The van der Waals surface area contributed by atoms with E-state index in [9.17, 15) is 10.1 Å². The fraction of sp³-hybridized carbons (Fsp3) is 0.294. The molecule has 2 rings (SSSR count). The molecule has 0 aliphatic rings. The third-order valence-corrected chi connectivity index (χ3v) is 4.59. The zero-order valence-electron chi connectivity index (χ0n) is 14.1. The molecule has 0 bridgehead atoms. The number of nitrogens with two attached hydrogens (primary N) is 1. The quantitative estimate of drug-likeness (QED) is 0.471. The number of anilines is 2. The van der Waals surface area contributed by atoms with E-state index in [1.807, 2.05) is 12.1 Å². The first-order chi connectivity index (χ1) is 11.4. The topological polar surface area (TPSA) is 75.6 Å². The number of likely N-dealkylation sites (N-methyl/N-ethyl adjacent to an activating group) is 2. The van der Waals surface area contributed by atoms with Gasteiger partial charge in [-0.3, -0.25) is 10.1 Å². The highest BCUT2D eigenvalue weighted by atomic mass is 32.2. The highest BCUT2D eigenvalue weighted by molar-refractivity contribution is 7.99. The molecule has 2 N–H and O–H groups in total. The largest absolute Gasteiger partial charge is 0.393 e. The first-order valence-corrected chi connectivity index (χ1v) is 8.36. The minimum atomic E-state index is -0.470. The van der Waals surface area contributed by atoms with Gasteiger partial charge in [0.25, 0.3) is 5.69 Å². The summed E-state index contributed by atoms with van der Waals surface area (Å²) in [5.74, 6) is 0. The highest BCUT2D eigenvalue weighted by Crippen LogP contribution is 2.33. The van der Waals surface area contributed by atoms with Gasteiger partial charge in [-0.15, -0.1) is 0 Å². The summed E-state index contributed by atoms with van der Waals surface area (Å²) in [6.07, 6.45) is 0. The number of hydrogen-bond donors (Lipinski definition) is 1. The van der Waals surface area contributed by atoms with Crippen LogP contribution in [0.2, 0.25) is 0 Å². The Labute approximate surface area is 146 Å². The van der Waals surface area contributed by atoms with Crippen molar-refractivity contribution in [2.75, 3.05) is 44.9 Å². The smallest absolute Gasteiger partial charge is 0.292 e. The van der Waals surface area contributed by atoms with Crippen molar-refractivity contribution in [1.29, 1.82) is 0 Å². The average molecular weight is 346 g/mol. The molecule has 0 saturated heterocycles. The molecule has 0 amide bonds. The molecule has 0 heterocycles. The first-order valence-electron chi connectivity index (χ1n) is 7.54. The number of benzene rings is 2. The molecule has 0 radical (unpaired) electrons. The van der Waals surface area contributed by atoms with E-state index in [0.29, 0.717) is 0 Å². The summed E-state index contributed by atoms with van der Waals surface area (Å²) >= 11 is 1.53. The molecule has 24 heavy (non-hydrogen) atoms. The third kappa shape index (κ3) is 4.87. The molecule has 7 heteroatoms. The van der Waals surface area contributed by atoms with Crippen LogP contribution in [0.4, 0.5) is 17.1 Å². The van der Waals surface area contributed by atoms with Crippen molar-refractivity contribution in [2.24, 2.45) is 0 Å². The second-order valence-electron chi connectivity index (χ2n) is 5.80. The van der Waals surface area contributed by atoms with Gasteiger partial charge in [0.2, 0.25) is 0 Å². The zero-order valence-corrected chi connectivity index (χ0v) is 14.9. The monoisotopic (exact) mass is 346 g/mol. The molecule has 0 saturated carbocycles. The number of nitrogen functional groups attached to an aromatic ring is 1. The van der Waals surface area contributed by atoms with E-state index >= 15 is 0 Å². The van der Waals surface area contributed by atoms with Crippen molar-refractivity contribution in [1.82, 2.24) is 4.90 Å². The molecule has 0 aromatic heterocycles. The van der Waals surface area contributed by atoms with Crippen molar-refractivity contribution < 1.29 is 4.92 Å². The van der Waals surface area contributed by atoms with Crippen LogP contribution in [0.5, 0.6) is 0 Å². The Balaban J connectivity index is 2.03. The van der Waals surface area contributed by atoms with E-state index in [0.717, 1.165) is 28.6 Å². The Hall–Kier alpha value is -2.25. The van der Waals surface area contributed by atoms with Crippen molar-refractivity contribution in [3.8, 4) is 0 Å². The Morgan fingerprint density at radius 1 is 1.04 bits per heavy atom. The van der Waals surface area contributed by atoms with Crippen LogP contribution < -0.4 is 10.6 Å². The minimum absolute atomic E-state index is 0.0581. The average Bonchev–Trinajstić information content (AvgIpc) is 2.53. The van der Waals surface area contributed by atoms with E-state index in [2.05, 4.69) is 43.1 Å². The number of nitrogens with zero attached hydrogens (tertiary/aromatic N) is 3. The first kappa shape index (κ1) is 18.1. The molecule has 2 aromatic carbocycles. The lowest BCUT2D eigenvalue weighted by Crippen LogP contribution is -2.28. The molecular weight excluding hydrogens is 324 g/mol. The van der Waals surface area contributed by atoms with Crippen LogP contribution >= 0.6 is 11.8 Å². The van der Waals surface area contributed by atoms with Crippen molar-refractivity contribution in [2.45, 2.75) is 9.79 Å². The maximum Gasteiger partial charge on any atom is 0.292 e. The summed E-state index contributed by atoms with van der Waals surface area (Å²) in [5.41, 5.74) is 7.02. The molecule has 0 aliphatic heterocycles. The standard InChI is InChI=1S/C17H22N4O2S/c1-19(2)10-11-20(3)13-4-6-14(7-5-13)24-15-8-9-17(21(22)23)16(18)12-15/h4-9,12H,10-11,18H2,1-3H3. The minimum Gasteiger partial charge on any atom is -0.393 e. The number of hydrogen-bond acceptors (Lipinski definition) is 6. The van der Waals surface area contributed by atoms with Gasteiger partial charge in [0.05, 0.1) is 4.92 Å². The van der Waals surface area contributed by atoms with Gasteiger partial charge in [0.1, 0.15) is 5.69 Å². The normalized spacial score (nSPS) is 10.8. The molecule has 0 spiro atoms. The third-order valence-electron chi connectivity index (χ3n) is 3.59. The van der Waals surface area contributed by atoms with Crippen molar-refractivity contribution in [3.05, 3.63) is 52.6 Å². The lowest BCUT2D eigenvalue weighted by atomic mass is 10.3. The van der Waals surface area contributed by atoms with Gasteiger partial charge in [-0.05, 0) is 50.5 Å². The van der Waals surface area contributed by atoms with Crippen LogP contribution in [0.25, 0.3) is 0 Å². The maximum atomic E-state index is 10.8. The second kappa shape index (κ2) is 8.03. The number of nitro benzene ring substituents is 1. The highest BCUT2D eigenvalue weighted by Gasteiger charge is 2.11. The van der Waals surface area contributed by atoms with E-state index in [4.69, 9.17) is 5.73 Å². The maximum absolute atomic E-state index is 10.8. The van der Waals surface area contributed by atoms with Gasteiger partial charge in [-0.1, -0.05) is 11.8 Å². The predicted octanol–water partition coefficient (Wildman–Crippen LogP) is 3.33. The molecule has 0 unspecified atom stereocenters. The summed E-state index contributed by atoms with van der Waals surface area (Å²) in [7, 11) is 6.19. The molecule has 0 aliphatic carbocycles. The second-order valence-corrected chi connectivity index (χ2v) is 6.95. The molecule has 0 fully saturated rings. The summed E-state index contributed by atoms with van der Waals surface area (Å²) in [4.78, 5) is 16.6. The van der Waals surface area contributed by atoms with Gasteiger partial charge >= 0.3 is 0 Å². The Kier molecular flexibility index (Phi) is 6.05. The van der Waals surface area contributed by atoms with Crippen LogP contribution in [0.1, 0.15) is 0 Å². The van der Waals surface area contributed by atoms with Crippen LogP contribution in [0.15, 0.2) is 52.3 Å². The van der Waals surface area contributed by atoms with E-state index < -0.39 is 4.92 Å². The molecule has 6 nitrogen and oxygen atoms in total. The van der Waals surface area contributed by atoms with Crippen molar-refractivity contribution >= 4 is 28.8 Å². The summed E-state index contributed by atoms with van der Waals surface area (Å²) in [6.45, 7) is 1.95. The van der Waals surface area contributed by atoms with Gasteiger partial charge < -0.3 is 15.5 Å². The molecule has 2 aromatic rings. The lowest BCUT2D eigenvalue weighted by molar-refractivity contribution is -0.383. The molecule has 0 atom stereocenters. The van der Waals surface area contributed by atoms with Crippen LogP contribution in [-0.4, -0.2) is 44.1 Å². The molecule has 128 valence electrons. The van der Waals surface area contributed by atoms with E-state index in [-0.39, 0.29) is 11.4 Å². The Morgan fingerprint density at radius 2 is 1.67 bits per heavy atom. The summed E-state index contributed by atoms with van der Waals surface area (Å²) in [5, 5.41) is 10.8. The predicted molar refractivity (Wildman–Crippen MR) is 99.9 cm³/mol. The molecular formula is C17H22N4O2S. The lowest BCUT2D eigenvalue weighted by Gasteiger charge is -2.21. The van der Waals surface area contributed by atoms with Gasteiger partial charge in [-0.25, -0.2) is 0 Å². The Morgan fingerprint density at radius 3 is 2.21 bits per heavy atom. The van der Waals surface area contributed by atoms with Crippen LogP contribution in [0.3, 0.4) is 0 Å². The fourth-order valence-electron chi connectivity index (χ4n) is 2.15. The number of rotatable bonds is 7. The summed E-state index contributed by atoms with van der Waals surface area (Å²) < 4.78 is 0. The van der Waals surface area contributed by atoms with Crippen LogP contribution in [-0.2, 0) is 0 Å². The number of nitro groups is 1. The van der Waals surface area contributed by atoms with Crippen molar-refractivity contribution in [3.63, 3.8) is 0 Å². The Bertz CT molecular complexity index is 704. The SMILES string of the molecule is CN(C)CCN(C)c1ccc(Sc2ccc([N+](=O)[O-])c(N)c2)cc1. The van der Waals surface area contributed by atoms with Gasteiger partial charge in [-0.2, -0.15) is 0 Å². The summed E-state index contributed by atoms with van der Waals surface area (Å²) in [6, 6.07) is 13.0.